The summed E-state index contributed by atoms with van der Waals surface area (Å²) in [6.45, 7) is 8.10. The molecule has 0 saturated carbocycles. The summed E-state index contributed by atoms with van der Waals surface area (Å²) in [5.74, 6) is 0. The smallest absolute Gasteiger partial charge is 0.356 e. The molecule has 0 bridgehead atoms. The fourth-order valence-corrected chi connectivity index (χ4v) is 3.63. The minimum Gasteiger partial charge on any atom is -0.356 e. The van der Waals surface area contributed by atoms with Crippen LogP contribution < -0.4 is 0 Å². The molecule has 27 heavy (non-hydrogen) atoms. The van der Waals surface area contributed by atoms with Crippen LogP contribution >= 0.6 is 7.82 Å². The van der Waals surface area contributed by atoms with Gasteiger partial charge in [0.15, 0.2) is 0 Å². The Balaban J connectivity index is 0.00000119. The van der Waals surface area contributed by atoms with E-state index in [-0.39, 0.29) is 0 Å². The molecule has 1 unspecified atom stereocenters. The molecule has 3 N–H and O–H groups in total. The van der Waals surface area contributed by atoms with Crippen LogP contribution in [0.2, 0.25) is 0 Å². The van der Waals surface area contributed by atoms with Gasteiger partial charge in [-0.1, -0.05) is 78.6 Å². The zero-order valence-electron chi connectivity index (χ0n) is 17.9. The van der Waals surface area contributed by atoms with E-state index in [2.05, 4.69) is 43.8 Å². The van der Waals surface area contributed by atoms with Crippen LogP contribution in [-0.4, -0.2) is 44.2 Å². The highest BCUT2D eigenvalue weighted by Gasteiger charge is 2.26. The normalized spacial score (nSPS) is 17.0. The summed E-state index contributed by atoms with van der Waals surface area (Å²) < 4.78 is 8.88. The van der Waals surface area contributed by atoms with Crippen molar-refractivity contribution in [1.82, 2.24) is 9.80 Å². The van der Waals surface area contributed by atoms with Crippen LogP contribution in [0.4, 0.5) is 0 Å². The number of allylic oxidation sites excluding steroid dienone is 1. The number of hydrogen-bond acceptors (Lipinski definition) is 3. The highest BCUT2D eigenvalue weighted by Crippen LogP contribution is 2.26. The zero-order valence-corrected chi connectivity index (χ0v) is 18.8. The van der Waals surface area contributed by atoms with Crippen LogP contribution in [-0.2, 0) is 4.57 Å². The molecule has 0 aromatic heterocycles. The van der Waals surface area contributed by atoms with Crippen LogP contribution in [0.3, 0.4) is 0 Å². The first-order chi connectivity index (χ1) is 12.7. The van der Waals surface area contributed by atoms with Gasteiger partial charge in [0.1, 0.15) is 6.17 Å². The van der Waals surface area contributed by atoms with Gasteiger partial charge < -0.3 is 24.5 Å². The van der Waals surface area contributed by atoms with E-state index in [4.69, 9.17) is 19.2 Å². The van der Waals surface area contributed by atoms with Gasteiger partial charge in [-0.2, -0.15) is 0 Å². The molecule has 0 aliphatic carbocycles. The van der Waals surface area contributed by atoms with Crippen molar-refractivity contribution in [1.29, 1.82) is 0 Å². The van der Waals surface area contributed by atoms with Crippen molar-refractivity contribution in [2.45, 2.75) is 104 Å². The number of hydrogen-bond donors (Lipinski definition) is 3. The van der Waals surface area contributed by atoms with Crippen LogP contribution in [0, 0.1) is 0 Å². The first kappa shape index (κ1) is 26.4. The first-order valence-electron chi connectivity index (χ1n) is 10.7. The van der Waals surface area contributed by atoms with Crippen molar-refractivity contribution in [2.75, 3.05) is 13.6 Å². The van der Waals surface area contributed by atoms with Gasteiger partial charge >= 0.3 is 7.82 Å². The standard InChI is InChI=1S/C20H40N2.H3O4P/c1-5-8-9-10-11-12-13-14-15-16-17-22-18-19(6-2)21(4)20(22)7-3;1-5(2,3)4/h18,20H,5-17H2,1-4H3;(H3,1,2,3,4). The molecule has 162 valence electrons. The molecule has 0 saturated heterocycles. The Labute approximate surface area is 166 Å². The second kappa shape index (κ2) is 15.4. The molecule has 0 radical (unpaired) electrons. The minimum atomic E-state index is -4.64. The van der Waals surface area contributed by atoms with E-state index in [1.807, 2.05) is 0 Å². The number of rotatable bonds is 13. The van der Waals surface area contributed by atoms with Crippen molar-refractivity contribution in [2.24, 2.45) is 0 Å². The maximum Gasteiger partial charge on any atom is 0.466 e. The van der Waals surface area contributed by atoms with E-state index in [0.29, 0.717) is 6.17 Å². The van der Waals surface area contributed by atoms with Gasteiger partial charge in [0, 0.05) is 25.5 Å². The first-order valence-corrected chi connectivity index (χ1v) is 12.3. The van der Waals surface area contributed by atoms with E-state index in [1.54, 1.807) is 0 Å². The van der Waals surface area contributed by atoms with Gasteiger partial charge in [-0.15, -0.1) is 0 Å². The molecule has 6 nitrogen and oxygen atoms in total. The third kappa shape index (κ3) is 14.1. The Morgan fingerprint density at radius 1 is 0.889 bits per heavy atom. The highest BCUT2D eigenvalue weighted by molar-refractivity contribution is 7.45. The predicted octanol–water partition coefficient (Wildman–Crippen LogP) is 5.21. The van der Waals surface area contributed by atoms with Gasteiger partial charge in [-0.3, -0.25) is 0 Å². The second-order valence-corrected chi connectivity index (χ2v) is 8.43. The molecular weight excluding hydrogens is 363 g/mol. The average molecular weight is 407 g/mol. The Kier molecular flexibility index (Phi) is 15.1. The monoisotopic (exact) mass is 406 g/mol. The topological polar surface area (TPSA) is 84.2 Å². The van der Waals surface area contributed by atoms with Crippen molar-refractivity contribution in [3.63, 3.8) is 0 Å². The van der Waals surface area contributed by atoms with Gasteiger partial charge in [0.2, 0.25) is 0 Å². The largest absolute Gasteiger partial charge is 0.466 e. The van der Waals surface area contributed by atoms with E-state index in [1.165, 1.54) is 82.9 Å². The average Bonchev–Trinajstić information content (AvgIpc) is 2.90. The second-order valence-electron chi connectivity index (χ2n) is 7.41. The molecule has 0 spiro atoms. The molecule has 0 aromatic rings. The van der Waals surface area contributed by atoms with E-state index in [0.717, 1.165) is 6.42 Å². The fourth-order valence-electron chi connectivity index (χ4n) is 3.63. The summed E-state index contributed by atoms with van der Waals surface area (Å²) in [7, 11) is -2.39. The molecule has 7 heteroatoms. The molecule has 1 aliphatic heterocycles. The van der Waals surface area contributed by atoms with Crippen molar-refractivity contribution >= 4 is 7.82 Å². The lowest BCUT2D eigenvalue weighted by Crippen LogP contribution is -2.37. The Morgan fingerprint density at radius 2 is 1.33 bits per heavy atom. The Bertz CT molecular complexity index is 431. The van der Waals surface area contributed by atoms with E-state index in [9.17, 15) is 0 Å². The van der Waals surface area contributed by atoms with Crippen molar-refractivity contribution in [3.8, 4) is 0 Å². The number of phosphoric acid groups is 1. The van der Waals surface area contributed by atoms with Gasteiger partial charge in [-0.05, 0) is 19.3 Å². The SMILES string of the molecule is CCCCCCCCCCCCN1C=C(CC)N(C)C1CC.O=P(O)(O)O. The molecule has 0 aromatic carbocycles. The lowest BCUT2D eigenvalue weighted by molar-refractivity contribution is 0.160. The summed E-state index contributed by atoms with van der Waals surface area (Å²) in [5.41, 5.74) is 1.50. The van der Waals surface area contributed by atoms with E-state index < -0.39 is 7.82 Å². The molecule has 1 rings (SSSR count). The summed E-state index contributed by atoms with van der Waals surface area (Å²) in [6, 6.07) is 0. The summed E-state index contributed by atoms with van der Waals surface area (Å²) >= 11 is 0. The Hall–Kier alpha value is -0.550. The zero-order chi connectivity index (χ0) is 20.7. The highest BCUT2D eigenvalue weighted by atomic mass is 31.2. The maximum atomic E-state index is 8.88. The summed E-state index contributed by atoms with van der Waals surface area (Å²) in [5, 5.41) is 0. The minimum absolute atomic E-state index is 0.605. The molecule has 0 amide bonds. The third-order valence-corrected chi connectivity index (χ3v) is 5.10. The lowest BCUT2D eigenvalue weighted by Gasteiger charge is -2.30. The molecule has 1 aliphatic rings. The van der Waals surface area contributed by atoms with Gasteiger partial charge in [0.25, 0.3) is 0 Å². The van der Waals surface area contributed by atoms with Crippen LogP contribution in [0.15, 0.2) is 11.9 Å². The fraction of sp³-hybridized carbons (Fsp3) is 0.900. The van der Waals surface area contributed by atoms with Crippen LogP contribution in [0.1, 0.15) is 97.8 Å². The summed E-state index contributed by atoms with van der Waals surface area (Å²) in [6.07, 6.45) is 19.6. The lowest BCUT2D eigenvalue weighted by atomic mass is 10.1. The van der Waals surface area contributed by atoms with E-state index >= 15 is 0 Å². The molecule has 1 atom stereocenters. The third-order valence-electron chi connectivity index (χ3n) is 5.10. The number of nitrogens with zero attached hydrogens (tertiary/aromatic N) is 2. The molecule has 1 heterocycles. The molecule has 0 fully saturated rings. The van der Waals surface area contributed by atoms with Crippen LogP contribution in [0.5, 0.6) is 0 Å². The molecular formula is C20H43N2O4P. The van der Waals surface area contributed by atoms with Gasteiger partial charge in [0.05, 0.1) is 0 Å². The Morgan fingerprint density at radius 3 is 1.74 bits per heavy atom. The predicted molar refractivity (Wildman–Crippen MR) is 113 cm³/mol. The van der Waals surface area contributed by atoms with Crippen molar-refractivity contribution < 1.29 is 19.2 Å². The van der Waals surface area contributed by atoms with Crippen LogP contribution in [0.25, 0.3) is 0 Å². The van der Waals surface area contributed by atoms with Gasteiger partial charge in [-0.25, -0.2) is 4.57 Å². The number of unbranched alkanes of at least 4 members (excludes halogenated alkanes) is 9. The maximum absolute atomic E-state index is 8.88. The van der Waals surface area contributed by atoms with Crippen molar-refractivity contribution in [3.05, 3.63) is 11.9 Å². The quantitative estimate of drug-likeness (QED) is 0.287. The summed E-state index contributed by atoms with van der Waals surface area (Å²) in [4.78, 5) is 26.6.